The Bertz CT molecular complexity index is 1300. The summed E-state index contributed by atoms with van der Waals surface area (Å²) in [4.78, 5) is 43.4. The fraction of sp³-hybridized carbons (Fsp3) is 0.500. The van der Waals surface area contributed by atoms with Crippen LogP contribution >= 0.6 is 11.6 Å². The van der Waals surface area contributed by atoms with E-state index in [0.29, 0.717) is 42.2 Å². The molecule has 2 aromatic carbocycles. The van der Waals surface area contributed by atoms with Crippen LogP contribution in [-0.2, 0) is 14.3 Å². The molecule has 4 rings (SSSR count). The summed E-state index contributed by atoms with van der Waals surface area (Å²) in [5, 5.41) is 6.14. The number of esters is 1. The van der Waals surface area contributed by atoms with E-state index in [1.165, 1.54) is 19.2 Å². The molecule has 0 bridgehead atoms. The van der Waals surface area contributed by atoms with Crippen molar-refractivity contribution in [1.82, 2.24) is 15.1 Å². The first-order valence-electron chi connectivity index (χ1n) is 14.0. The van der Waals surface area contributed by atoms with Gasteiger partial charge in [-0.15, -0.1) is 0 Å². The van der Waals surface area contributed by atoms with Gasteiger partial charge in [-0.25, -0.2) is 4.79 Å². The third-order valence-electron chi connectivity index (χ3n) is 8.00. The number of nitrogens with zero attached hydrogens (tertiary/aromatic N) is 2. The Balaban J connectivity index is 1.34. The van der Waals surface area contributed by atoms with E-state index in [9.17, 15) is 14.4 Å². The van der Waals surface area contributed by atoms with Gasteiger partial charge < -0.3 is 35.5 Å². The van der Waals surface area contributed by atoms with Crippen LogP contribution in [0.25, 0.3) is 0 Å². The first kappa shape index (κ1) is 31.6. The standard InChI is InChI=1S/C30H40ClN5O6/c1-30(10-13-35(2)14-11-30)42-29(39)19-7-5-6-8-23(19)33-27(37)18-36-12-9-24(26(17-36)41-4)34-28(38)20-15-21(31)22(32)16-25(20)40-3/h5-8,15-16,24,26H,9-14,17-18,32H2,1-4H3,(H,33,37)(H,34,38)/t24-,26+/m1/s1. The number of hydrogen-bond acceptors (Lipinski definition) is 9. The van der Waals surface area contributed by atoms with Crippen LogP contribution in [0.5, 0.6) is 5.75 Å². The van der Waals surface area contributed by atoms with Crippen LogP contribution in [0.4, 0.5) is 11.4 Å². The Kier molecular flexibility index (Phi) is 10.3. The third-order valence-corrected chi connectivity index (χ3v) is 8.33. The van der Waals surface area contributed by atoms with E-state index >= 15 is 0 Å². The van der Waals surface area contributed by atoms with Gasteiger partial charge in [0.05, 0.1) is 53.3 Å². The second-order valence-corrected chi connectivity index (χ2v) is 11.6. The Morgan fingerprint density at radius 2 is 1.81 bits per heavy atom. The highest BCUT2D eigenvalue weighted by Gasteiger charge is 2.34. The molecule has 0 spiro atoms. The van der Waals surface area contributed by atoms with E-state index in [2.05, 4.69) is 22.6 Å². The summed E-state index contributed by atoms with van der Waals surface area (Å²) in [6, 6.07) is 9.57. The summed E-state index contributed by atoms with van der Waals surface area (Å²) in [7, 11) is 5.08. The number of piperidine rings is 2. The van der Waals surface area contributed by atoms with Gasteiger partial charge in [-0.05, 0) is 51.4 Å². The van der Waals surface area contributed by atoms with Crippen molar-refractivity contribution in [1.29, 1.82) is 0 Å². The van der Waals surface area contributed by atoms with E-state index in [4.69, 9.17) is 31.5 Å². The van der Waals surface area contributed by atoms with Crippen LogP contribution < -0.4 is 21.1 Å². The van der Waals surface area contributed by atoms with Gasteiger partial charge in [0, 0.05) is 39.4 Å². The minimum Gasteiger partial charge on any atom is -0.496 e. The maximum Gasteiger partial charge on any atom is 0.340 e. The summed E-state index contributed by atoms with van der Waals surface area (Å²) in [6.07, 6.45) is 1.70. The number of nitrogens with two attached hydrogens (primary N) is 1. The average molecular weight is 602 g/mol. The third kappa shape index (κ3) is 7.71. The monoisotopic (exact) mass is 601 g/mol. The highest BCUT2D eigenvalue weighted by atomic mass is 35.5. The van der Waals surface area contributed by atoms with Gasteiger partial charge in [-0.2, -0.15) is 0 Å². The van der Waals surface area contributed by atoms with Crippen molar-refractivity contribution in [2.24, 2.45) is 0 Å². The molecule has 0 aromatic heterocycles. The number of ether oxygens (including phenoxy) is 3. The van der Waals surface area contributed by atoms with Gasteiger partial charge >= 0.3 is 5.97 Å². The number of carbonyl (C=O) groups excluding carboxylic acids is 3. The Labute approximate surface area is 251 Å². The Morgan fingerprint density at radius 3 is 2.50 bits per heavy atom. The van der Waals surface area contributed by atoms with Gasteiger partial charge in [0.15, 0.2) is 0 Å². The lowest BCUT2D eigenvalue weighted by Gasteiger charge is -2.38. The summed E-state index contributed by atoms with van der Waals surface area (Å²) in [5.74, 6) is -0.751. The first-order chi connectivity index (χ1) is 20.0. The number of halogens is 1. The lowest BCUT2D eigenvalue weighted by molar-refractivity contribution is -0.118. The number of carbonyl (C=O) groups is 3. The van der Waals surface area contributed by atoms with Crippen molar-refractivity contribution in [2.75, 3.05) is 65.0 Å². The maximum absolute atomic E-state index is 13.1. The van der Waals surface area contributed by atoms with Crippen molar-refractivity contribution < 1.29 is 28.6 Å². The predicted octanol–water partition coefficient (Wildman–Crippen LogP) is 3.03. The van der Waals surface area contributed by atoms with Crippen molar-refractivity contribution in [3.8, 4) is 5.75 Å². The molecule has 2 aliphatic heterocycles. The number of rotatable bonds is 9. The zero-order chi connectivity index (χ0) is 30.4. The molecule has 2 aromatic rings. The number of methoxy groups -OCH3 is 2. The molecule has 42 heavy (non-hydrogen) atoms. The lowest BCUT2D eigenvalue weighted by atomic mass is 9.93. The molecule has 2 saturated heterocycles. The molecule has 2 atom stereocenters. The molecule has 2 amide bonds. The Hall–Kier alpha value is -3.38. The second-order valence-electron chi connectivity index (χ2n) is 11.2. The fourth-order valence-electron chi connectivity index (χ4n) is 5.32. The topological polar surface area (TPSA) is 135 Å². The molecular weight excluding hydrogens is 562 g/mol. The van der Waals surface area contributed by atoms with Crippen LogP contribution in [0.15, 0.2) is 36.4 Å². The fourth-order valence-corrected chi connectivity index (χ4v) is 5.49. The number of para-hydroxylation sites is 1. The zero-order valence-electron chi connectivity index (χ0n) is 24.6. The normalized spacial score (nSPS) is 20.9. The van der Waals surface area contributed by atoms with Crippen LogP contribution in [0.1, 0.15) is 46.9 Å². The van der Waals surface area contributed by atoms with Crippen molar-refractivity contribution >= 4 is 40.8 Å². The molecule has 0 unspecified atom stereocenters. The summed E-state index contributed by atoms with van der Waals surface area (Å²) >= 11 is 6.14. The van der Waals surface area contributed by atoms with Crippen LogP contribution in [0.3, 0.4) is 0 Å². The van der Waals surface area contributed by atoms with Gasteiger partial charge in [0.1, 0.15) is 11.4 Å². The molecule has 0 radical (unpaired) electrons. The van der Waals surface area contributed by atoms with Crippen molar-refractivity contribution in [2.45, 2.75) is 43.9 Å². The average Bonchev–Trinajstić information content (AvgIpc) is 2.96. The van der Waals surface area contributed by atoms with E-state index < -0.39 is 11.6 Å². The molecule has 0 aliphatic carbocycles. The number of amides is 2. The molecule has 228 valence electrons. The maximum atomic E-state index is 13.1. The summed E-state index contributed by atoms with van der Waals surface area (Å²) < 4.78 is 16.9. The number of benzene rings is 2. The lowest BCUT2D eigenvalue weighted by Crippen LogP contribution is -2.55. The van der Waals surface area contributed by atoms with E-state index in [0.717, 1.165) is 25.9 Å². The highest BCUT2D eigenvalue weighted by molar-refractivity contribution is 6.33. The SMILES string of the molecule is COc1cc(N)c(Cl)cc1C(=O)N[C@@H]1CCN(CC(=O)Nc2ccccc2C(=O)OC2(C)CCN(C)CC2)C[C@@H]1OC. The number of nitrogen functional groups attached to an aromatic ring is 1. The molecule has 11 nitrogen and oxygen atoms in total. The second kappa shape index (κ2) is 13.7. The molecule has 2 aliphatic rings. The highest BCUT2D eigenvalue weighted by Crippen LogP contribution is 2.30. The van der Waals surface area contributed by atoms with Crippen LogP contribution in [0.2, 0.25) is 5.02 Å². The van der Waals surface area contributed by atoms with Gasteiger partial charge in [0.2, 0.25) is 5.91 Å². The number of nitrogens with one attached hydrogen (secondary N) is 2. The largest absolute Gasteiger partial charge is 0.496 e. The number of hydrogen-bond donors (Lipinski definition) is 3. The van der Waals surface area contributed by atoms with Crippen LogP contribution in [-0.4, -0.2) is 99.3 Å². The van der Waals surface area contributed by atoms with E-state index in [1.807, 2.05) is 11.8 Å². The minimum atomic E-state index is -0.541. The summed E-state index contributed by atoms with van der Waals surface area (Å²) in [6.45, 7) is 4.73. The van der Waals surface area contributed by atoms with Gasteiger partial charge in [-0.3, -0.25) is 14.5 Å². The molecule has 2 heterocycles. The molecule has 12 heteroatoms. The van der Waals surface area contributed by atoms with E-state index in [-0.39, 0.29) is 41.1 Å². The van der Waals surface area contributed by atoms with Crippen molar-refractivity contribution in [3.63, 3.8) is 0 Å². The smallest absolute Gasteiger partial charge is 0.340 e. The minimum absolute atomic E-state index is 0.0926. The molecule has 2 fully saturated rings. The molecule has 4 N–H and O–H groups in total. The molecular formula is C30H40ClN5O6. The Morgan fingerprint density at radius 1 is 1.10 bits per heavy atom. The van der Waals surface area contributed by atoms with Gasteiger partial charge in [-0.1, -0.05) is 23.7 Å². The molecule has 0 saturated carbocycles. The first-order valence-corrected chi connectivity index (χ1v) is 14.4. The zero-order valence-corrected chi connectivity index (χ0v) is 25.3. The van der Waals surface area contributed by atoms with E-state index in [1.54, 1.807) is 31.4 Å². The van der Waals surface area contributed by atoms with Gasteiger partial charge in [0.25, 0.3) is 5.91 Å². The van der Waals surface area contributed by atoms with Crippen LogP contribution in [0, 0.1) is 0 Å². The quantitative estimate of drug-likeness (QED) is 0.293. The number of anilines is 2. The van der Waals surface area contributed by atoms with Crippen molar-refractivity contribution in [3.05, 3.63) is 52.5 Å². The summed E-state index contributed by atoms with van der Waals surface area (Å²) in [5.41, 5.74) is 6.62. The predicted molar refractivity (Wildman–Crippen MR) is 161 cm³/mol. The number of likely N-dealkylation sites (tertiary alicyclic amines) is 2.